The summed E-state index contributed by atoms with van der Waals surface area (Å²) in [7, 11) is 0. The van der Waals surface area contributed by atoms with Crippen molar-refractivity contribution in [1.82, 2.24) is 5.32 Å². The monoisotopic (exact) mass is 334 g/mol. The van der Waals surface area contributed by atoms with E-state index in [4.69, 9.17) is 12.2 Å². The minimum atomic E-state index is -0.0954. The molecule has 0 aliphatic heterocycles. The van der Waals surface area contributed by atoms with Crippen LogP contribution in [0.15, 0.2) is 18.2 Å². The predicted molar refractivity (Wildman–Crippen MR) is 108 cm³/mol. The third kappa shape index (κ3) is 4.94. The molecule has 0 saturated carbocycles. The quantitative estimate of drug-likeness (QED) is 0.656. The van der Waals surface area contributed by atoms with Gasteiger partial charge < -0.3 is 10.6 Å². The summed E-state index contributed by atoms with van der Waals surface area (Å²) in [6.07, 6.45) is 0. The van der Waals surface area contributed by atoms with Gasteiger partial charge in [0.1, 0.15) is 0 Å². The molecule has 0 bridgehead atoms. The van der Waals surface area contributed by atoms with Crippen LogP contribution in [0.25, 0.3) is 0 Å². The van der Waals surface area contributed by atoms with E-state index in [-0.39, 0.29) is 11.0 Å². The zero-order chi connectivity index (χ0) is 18.0. The molecule has 0 atom stereocenters. The standard InChI is InChI=1S/C20H34N2S/c1-13(2)15-11-10-12-16(14(3)4)17(15)21-18(23)22-20(8,9)19(5,6)7/h10-14H,1-9H3,(H2,21,22,23). The molecular weight excluding hydrogens is 300 g/mol. The van der Waals surface area contributed by atoms with Crippen LogP contribution < -0.4 is 10.6 Å². The summed E-state index contributed by atoms with van der Waals surface area (Å²) in [4.78, 5) is 0. The molecule has 2 N–H and O–H groups in total. The van der Waals surface area contributed by atoms with Gasteiger partial charge >= 0.3 is 0 Å². The summed E-state index contributed by atoms with van der Waals surface area (Å²) >= 11 is 5.62. The highest BCUT2D eigenvalue weighted by atomic mass is 32.1. The molecule has 0 fully saturated rings. The zero-order valence-corrected chi connectivity index (χ0v) is 17.1. The SMILES string of the molecule is CC(C)c1cccc(C(C)C)c1NC(=S)NC(C)(C)C(C)(C)C. The number of hydrogen-bond acceptors (Lipinski definition) is 1. The van der Waals surface area contributed by atoms with Gasteiger partial charge in [-0.05, 0) is 54.4 Å². The van der Waals surface area contributed by atoms with Gasteiger partial charge in [-0.15, -0.1) is 0 Å². The van der Waals surface area contributed by atoms with E-state index in [0.29, 0.717) is 16.9 Å². The van der Waals surface area contributed by atoms with Gasteiger partial charge in [0.2, 0.25) is 0 Å². The lowest BCUT2D eigenvalue weighted by Gasteiger charge is -2.40. The summed E-state index contributed by atoms with van der Waals surface area (Å²) in [6, 6.07) is 6.53. The van der Waals surface area contributed by atoms with E-state index in [1.54, 1.807) is 0 Å². The van der Waals surface area contributed by atoms with E-state index >= 15 is 0 Å². The second kappa shape index (κ2) is 7.21. The fourth-order valence-corrected chi connectivity index (χ4v) is 2.67. The van der Waals surface area contributed by atoms with Crippen molar-refractivity contribution in [1.29, 1.82) is 0 Å². The summed E-state index contributed by atoms with van der Waals surface area (Å²) in [5.74, 6) is 0.907. The lowest BCUT2D eigenvalue weighted by atomic mass is 9.76. The van der Waals surface area contributed by atoms with Crippen LogP contribution in [-0.2, 0) is 0 Å². The second-order valence-electron chi connectivity index (χ2n) is 8.57. The summed E-state index contributed by atoms with van der Waals surface area (Å²) in [6.45, 7) is 20.0. The van der Waals surface area contributed by atoms with Gasteiger partial charge in [-0.25, -0.2) is 0 Å². The molecule has 130 valence electrons. The van der Waals surface area contributed by atoms with Gasteiger partial charge in [-0.2, -0.15) is 0 Å². The maximum Gasteiger partial charge on any atom is 0.171 e. The van der Waals surface area contributed by atoms with Crippen molar-refractivity contribution in [2.45, 2.75) is 79.7 Å². The zero-order valence-electron chi connectivity index (χ0n) is 16.3. The first-order valence-corrected chi connectivity index (χ1v) is 8.99. The molecule has 1 aromatic rings. The van der Waals surface area contributed by atoms with Crippen LogP contribution in [0.1, 0.15) is 85.3 Å². The Kier molecular flexibility index (Phi) is 6.25. The largest absolute Gasteiger partial charge is 0.357 e. The fraction of sp³-hybridized carbons (Fsp3) is 0.650. The molecule has 0 aliphatic rings. The lowest BCUT2D eigenvalue weighted by Crippen LogP contribution is -2.53. The first kappa shape index (κ1) is 20.0. The van der Waals surface area contributed by atoms with E-state index in [9.17, 15) is 0 Å². The van der Waals surface area contributed by atoms with Crippen molar-refractivity contribution >= 4 is 23.0 Å². The summed E-state index contributed by atoms with van der Waals surface area (Å²) in [5, 5.41) is 7.68. The normalized spacial score (nSPS) is 12.7. The molecule has 0 saturated heterocycles. The maximum atomic E-state index is 5.62. The number of nitrogens with one attached hydrogen (secondary N) is 2. The van der Waals surface area contributed by atoms with Crippen LogP contribution >= 0.6 is 12.2 Å². The van der Waals surface area contributed by atoms with Crippen molar-refractivity contribution in [3.63, 3.8) is 0 Å². The van der Waals surface area contributed by atoms with Gasteiger partial charge in [0.05, 0.1) is 0 Å². The molecule has 1 rings (SSSR count). The molecule has 0 radical (unpaired) electrons. The van der Waals surface area contributed by atoms with Crippen molar-refractivity contribution in [2.75, 3.05) is 5.32 Å². The molecule has 0 spiro atoms. The highest BCUT2D eigenvalue weighted by Crippen LogP contribution is 2.33. The van der Waals surface area contributed by atoms with E-state index < -0.39 is 0 Å². The van der Waals surface area contributed by atoms with Crippen LogP contribution in [0.4, 0.5) is 5.69 Å². The highest BCUT2D eigenvalue weighted by molar-refractivity contribution is 7.80. The predicted octanol–water partition coefficient (Wildman–Crippen LogP) is 6.04. The van der Waals surface area contributed by atoms with Crippen LogP contribution in [0.5, 0.6) is 0 Å². The molecule has 23 heavy (non-hydrogen) atoms. The average molecular weight is 335 g/mol. The van der Waals surface area contributed by atoms with Gasteiger partial charge in [0.25, 0.3) is 0 Å². The average Bonchev–Trinajstić information content (AvgIpc) is 2.35. The molecule has 0 aliphatic carbocycles. The van der Waals surface area contributed by atoms with E-state index in [1.807, 2.05) is 0 Å². The number of anilines is 1. The Balaban J connectivity index is 3.11. The van der Waals surface area contributed by atoms with E-state index in [2.05, 4.69) is 91.1 Å². The first-order chi connectivity index (χ1) is 10.4. The Bertz CT molecular complexity index is 525. The molecule has 0 heterocycles. The molecule has 0 aromatic heterocycles. The third-order valence-corrected chi connectivity index (χ3v) is 5.12. The van der Waals surface area contributed by atoms with Crippen LogP contribution in [0, 0.1) is 5.41 Å². The maximum absolute atomic E-state index is 5.62. The summed E-state index contributed by atoms with van der Waals surface area (Å²) < 4.78 is 0. The van der Waals surface area contributed by atoms with E-state index in [1.165, 1.54) is 16.8 Å². The lowest BCUT2D eigenvalue weighted by molar-refractivity contribution is 0.205. The second-order valence-corrected chi connectivity index (χ2v) is 8.98. The van der Waals surface area contributed by atoms with Gasteiger partial charge in [0.15, 0.2) is 5.11 Å². The van der Waals surface area contributed by atoms with Gasteiger partial charge in [0, 0.05) is 11.2 Å². The molecule has 3 heteroatoms. The molecule has 0 amide bonds. The Labute approximate surface area is 148 Å². The molecule has 0 unspecified atom stereocenters. The highest BCUT2D eigenvalue weighted by Gasteiger charge is 2.33. The Hall–Kier alpha value is -1.09. The Morgan fingerprint density at radius 2 is 1.35 bits per heavy atom. The fourth-order valence-electron chi connectivity index (χ4n) is 2.31. The van der Waals surface area contributed by atoms with Crippen LogP contribution in [-0.4, -0.2) is 10.7 Å². The number of hydrogen-bond donors (Lipinski definition) is 2. The Morgan fingerprint density at radius 1 is 0.913 bits per heavy atom. The summed E-state index contributed by atoms with van der Waals surface area (Å²) in [5.41, 5.74) is 3.81. The number of para-hydroxylation sites is 1. The third-order valence-electron chi connectivity index (χ3n) is 4.91. The van der Waals surface area contributed by atoms with Crippen LogP contribution in [0.2, 0.25) is 0 Å². The molecular formula is C20H34N2S. The van der Waals surface area contributed by atoms with Crippen molar-refractivity contribution in [3.8, 4) is 0 Å². The van der Waals surface area contributed by atoms with E-state index in [0.717, 1.165) is 0 Å². The van der Waals surface area contributed by atoms with Gasteiger partial charge in [-0.1, -0.05) is 66.7 Å². The van der Waals surface area contributed by atoms with Gasteiger partial charge in [-0.3, -0.25) is 0 Å². The topological polar surface area (TPSA) is 24.1 Å². The van der Waals surface area contributed by atoms with Crippen molar-refractivity contribution < 1.29 is 0 Å². The smallest absolute Gasteiger partial charge is 0.171 e. The van der Waals surface area contributed by atoms with Crippen LogP contribution in [0.3, 0.4) is 0 Å². The number of rotatable bonds is 4. The molecule has 2 nitrogen and oxygen atoms in total. The first-order valence-electron chi connectivity index (χ1n) is 8.58. The van der Waals surface area contributed by atoms with Crippen molar-refractivity contribution in [3.05, 3.63) is 29.3 Å². The minimum Gasteiger partial charge on any atom is -0.357 e. The number of thiocarbonyl (C=S) groups is 1. The minimum absolute atomic E-state index is 0.0954. The van der Waals surface area contributed by atoms with Crippen molar-refractivity contribution in [2.24, 2.45) is 5.41 Å². The number of benzene rings is 1. The molecule has 1 aromatic carbocycles. The Morgan fingerprint density at radius 3 is 1.70 bits per heavy atom.